The van der Waals surface area contributed by atoms with E-state index in [-0.39, 0.29) is 0 Å². The zero-order valence-electron chi connectivity index (χ0n) is 15.0. The van der Waals surface area contributed by atoms with E-state index in [1.807, 2.05) is 0 Å². The maximum absolute atomic E-state index is 5.45. The number of hydrogen-bond donors (Lipinski definition) is 2. The zero-order valence-corrected chi connectivity index (χ0v) is 15.0. The number of hydrogen-bond acceptors (Lipinski definition) is 3. The molecule has 0 unspecified atom stereocenters. The Hall–Kier alpha value is -1.07. The third kappa shape index (κ3) is 11.2. The SMILES string of the molecule is CCNC(=NCCCCOCCOC)NCCC1=CCCCC1. The van der Waals surface area contributed by atoms with Gasteiger partial charge in [-0.15, -0.1) is 0 Å². The quantitative estimate of drug-likeness (QED) is 0.251. The largest absolute Gasteiger partial charge is 0.382 e. The summed E-state index contributed by atoms with van der Waals surface area (Å²) in [5.41, 5.74) is 1.60. The first-order valence-electron chi connectivity index (χ1n) is 9.13. The second kappa shape index (κ2) is 14.5. The number of nitrogens with zero attached hydrogens (tertiary/aromatic N) is 1. The molecule has 0 aromatic heterocycles. The molecule has 1 aliphatic rings. The molecular formula is C18H35N3O2. The zero-order chi connectivity index (χ0) is 16.6. The van der Waals surface area contributed by atoms with Crippen molar-refractivity contribution in [1.82, 2.24) is 10.6 Å². The van der Waals surface area contributed by atoms with Gasteiger partial charge in [-0.3, -0.25) is 4.99 Å². The number of rotatable bonds is 12. The molecule has 5 nitrogen and oxygen atoms in total. The number of nitrogens with one attached hydrogen (secondary N) is 2. The van der Waals surface area contributed by atoms with Crippen LogP contribution >= 0.6 is 0 Å². The Balaban J connectivity index is 2.10. The summed E-state index contributed by atoms with van der Waals surface area (Å²) in [6, 6.07) is 0. The number of ether oxygens (including phenoxy) is 2. The van der Waals surface area contributed by atoms with Gasteiger partial charge in [0.05, 0.1) is 13.2 Å². The minimum absolute atomic E-state index is 0.670. The van der Waals surface area contributed by atoms with Gasteiger partial charge in [-0.25, -0.2) is 0 Å². The van der Waals surface area contributed by atoms with Crippen LogP contribution in [-0.4, -0.2) is 52.5 Å². The van der Waals surface area contributed by atoms with Gasteiger partial charge in [-0.1, -0.05) is 11.6 Å². The molecule has 0 spiro atoms. The van der Waals surface area contributed by atoms with E-state index in [1.165, 1.54) is 25.7 Å². The van der Waals surface area contributed by atoms with Gasteiger partial charge in [-0.05, 0) is 51.9 Å². The first kappa shape index (κ1) is 20.0. The van der Waals surface area contributed by atoms with Crippen molar-refractivity contribution in [3.05, 3.63) is 11.6 Å². The summed E-state index contributed by atoms with van der Waals surface area (Å²) in [7, 11) is 1.69. The highest BCUT2D eigenvalue weighted by Crippen LogP contribution is 2.19. The second-order valence-electron chi connectivity index (χ2n) is 5.86. The molecular weight excluding hydrogens is 290 g/mol. The Labute approximate surface area is 141 Å². The number of allylic oxidation sites excluding steroid dienone is 1. The molecule has 0 heterocycles. The summed E-state index contributed by atoms with van der Waals surface area (Å²) in [4.78, 5) is 4.62. The first-order valence-corrected chi connectivity index (χ1v) is 9.13. The lowest BCUT2D eigenvalue weighted by Crippen LogP contribution is -2.38. The van der Waals surface area contributed by atoms with Gasteiger partial charge in [0.25, 0.3) is 0 Å². The van der Waals surface area contributed by atoms with Crippen LogP contribution < -0.4 is 10.6 Å². The highest BCUT2D eigenvalue weighted by molar-refractivity contribution is 5.79. The number of guanidine groups is 1. The Kier molecular flexibility index (Phi) is 12.6. The Morgan fingerprint density at radius 3 is 2.83 bits per heavy atom. The van der Waals surface area contributed by atoms with Crippen LogP contribution in [0.2, 0.25) is 0 Å². The standard InChI is InChI=1S/C18H35N3O2/c1-3-19-18(20-12-7-8-14-23-16-15-22-2)21-13-11-17-9-5-4-6-10-17/h9H,3-8,10-16H2,1-2H3,(H2,19,20,21). The van der Waals surface area contributed by atoms with Gasteiger partial charge in [0.1, 0.15) is 0 Å². The van der Waals surface area contributed by atoms with Crippen molar-refractivity contribution in [2.75, 3.05) is 46.6 Å². The highest BCUT2D eigenvalue weighted by Gasteiger charge is 2.04. The molecule has 0 atom stereocenters. The summed E-state index contributed by atoms with van der Waals surface area (Å²) in [5.74, 6) is 0.934. The molecule has 0 bridgehead atoms. The van der Waals surface area contributed by atoms with E-state index < -0.39 is 0 Å². The third-order valence-corrected chi connectivity index (χ3v) is 3.87. The molecule has 0 saturated heterocycles. The Bertz CT molecular complexity index is 343. The molecule has 2 N–H and O–H groups in total. The summed E-state index contributed by atoms with van der Waals surface area (Å²) in [6.07, 6.45) is 10.9. The lowest BCUT2D eigenvalue weighted by molar-refractivity contribution is 0.0690. The van der Waals surface area contributed by atoms with Gasteiger partial charge >= 0.3 is 0 Å². The molecule has 0 aliphatic heterocycles. The van der Waals surface area contributed by atoms with Crippen LogP contribution in [0.1, 0.15) is 51.9 Å². The van der Waals surface area contributed by atoms with Crippen molar-refractivity contribution >= 4 is 5.96 Å². The fraction of sp³-hybridized carbons (Fsp3) is 0.833. The predicted molar refractivity (Wildman–Crippen MR) is 97.1 cm³/mol. The molecule has 0 aromatic carbocycles. The topological polar surface area (TPSA) is 54.9 Å². The molecule has 0 amide bonds. The van der Waals surface area contributed by atoms with Crippen LogP contribution in [0.5, 0.6) is 0 Å². The fourth-order valence-corrected chi connectivity index (χ4v) is 2.57. The van der Waals surface area contributed by atoms with Crippen molar-refractivity contribution in [3.8, 4) is 0 Å². The predicted octanol–water partition coefficient (Wildman–Crippen LogP) is 2.88. The van der Waals surface area contributed by atoms with E-state index >= 15 is 0 Å². The van der Waals surface area contributed by atoms with Crippen molar-refractivity contribution in [3.63, 3.8) is 0 Å². The van der Waals surface area contributed by atoms with E-state index in [9.17, 15) is 0 Å². The Morgan fingerprint density at radius 1 is 1.17 bits per heavy atom. The number of unbranched alkanes of at least 4 members (excludes halogenated alkanes) is 1. The van der Waals surface area contributed by atoms with E-state index in [0.717, 1.165) is 51.5 Å². The van der Waals surface area contributed by atoms with Crippen molar-refractivity contribution in [1.29, 1.82) is 0 Å². The van der Waals surface area contributed by atoms with Crippen LogP contribution in [-0.2, 0) is 9.47 Å². The fourth-order valence-electron chi connectivity index (χ4n) is 2.57. The maximum Gasteiger partial charge on any atom is 0.191 e. The minimum Gasteiger partial charge on any atom is -0.382 e. The Morgan fingerprint density at radius 2 is 2.09 bits per heavy atom. The average molecular weight is 325 g/mol. The molecule has 0 saturated carbocycles. The molecule has 23 heavy (non-hydrogen) atoms. The number of methoxy groups -OCH3 is 1. The summed E-state index contributed by atoms with van der Waals surface area (Å²) >= 11 is 0. The molecule has 0 fully saturated rings. The molecule has 5 heteroatoms. The summed E-state index contributed by atoms with van der Waals surface area (Å²) in [6.45, 7) is 6.95. The van der Waals surface area contributed by atoms with Gasteiger partial charge in [0.15, 0.2) is 5.96 Å². The normalized spacial score (nSPS) is 15.4. The molecule has 0 radical (unpaired) electrons. The van der Waals surface area contributed by atoms with Crippen LogP contribution in [0.4, 0.5) is 0 Å². The lowest BCUT2D eigenvalue weighted by atomic mass is 9.97. The number of aliphatic imine (C=N–C) groups is 1. The van der Waals surface area contributed by atoms with Crippen molar-refractivity contribution in [2.24, 2.45) is 4.99 Å². The molecule has 134 valence electrons. The molecule has 0 aromatic rings. The summed E-state index contributed by atoms with van der Waals surface area (Å²) < 4.78 is 10.4. The van der Waals surface area contributed by atoms with Crippen LogP contribution in [0.3, 0.4) is 0 Å². The van der Waals surface area contributed by atoms with Crippen molar-refractivity contribution in [2.45, 2.75) is 51.9 Å². The van der Waals surface area contributed by atoms with Gasteiger partial charge < -0.3 is 20.1 Å². The smallest absolute Gasteiger partial charge is 0.191 e. The van der Waals surface area contributed by atoms with Crippen LogP contribution in [0.15, 0.2) is 16.6 Å². The average Bonchev–Trinajstić information content (AvgIpc) is 2.58. The minimum atomic E-state index is 0.670. The van der Waals surface area contributed by atoms with Gasteiger partial charge in [0, 0.05) is 33.4 Å². The molecule has 1 rings (SSSR count). The van der Waals surface area contributed by atoms with Crippen LogP contribution in [0.25, 0.3) is 0 Å². The van der Waals surface area contributed by atoms with E-state index in [1.54, 1.807) is 12.7 Å². The maximum atomic E-state index is 5.45. The monoisotopic (exact) mass is 325 g/mol. The van der Waals surface area contributed by atoms with Gasteiger partial charge in [0.2, 0.25) is 0 Å². The third-order valence-electron chi connectivity index (χ3n) is 3.87. The van der Waals surface area contributed by atoms with Crippen molar-refractivity contribution < 1.29 is 9.47 Å². The molecule has 1 aliphatic carbocycles. The van der Waals surface area contributed by atoms with Crippen LogP contribution in [0, 0.1) is 0 Å². The van der Waals surface area contributed by atoms with E-state index in [0.29, 0.717) is 13.2 Å². The lowest BCUT2D eigenvalue weighted by Gasteiger charge is -2.15. The summed E-state index contributed by atoms with van der Waals surface area (Å²) in [5, 5.41) is 6.75. The second-order valence-corrected chi connectivity index (χ2v) is 5.86. The van der Waals surface area contributed by atoms with E-state index in [4.69, 9.17) is 9.47 Å². The first-order chi connectivity index (χ1) is 11.4. The highest BCUT2D eigenvalue weighted by atomic mass is 16.5. The van der Waals surface area contributed by atoms with E-state index in [2.05, 4.69) is 28.6 Å². The van der Waals surface area contributed by atoms with Gasteiger partial charge in [-0.2, -0.15) is 0 Å².